The Morgan fingerprint density at radius 3 is 2.09 bits per heavy atom. The van der Waals surface area contributed by atoms with Crippen LogP contribution in [0.15, 0.2) is 48.6 Å². The molecule has 1 N–H and O–H groups in total. The maximum absolute atomic E-state index is 10.3. The minimum absolute atomic E-state index is 0.255. The van der Waals surface area contributed by atoms with Gasteiger partial charge in [0.15, 0.2) is 0 Å². The highest BCUT2D eigenvalue weighted by molar-refractivity contribution is 5.66. The normalized spacial score (nSPS) is 21.3. The van der Waals surface area contributed by atoms with E-state index in [-0.39, 0.29) is 6.42 Å². The maximum Gasteiger partial charge on any atom is 0.303 e. The van der Waals surface area contributed by atoms with Crippen LogP contribution in [0.2, 0.25) is 0 Å². The summed E-state index contributed by atoms with van der Waals surface area (Å²) in [5, 5.41) is 8.51. The molecule has 0 saturated carbocycles. The standard InChI is InChI=1S/C20H30O3/c1-2-3-12-15-18-19(23-18)16-13-10-8-6-4-5-7-9-11-14-17-20(21)22/h3-4,6-7,9-10,12-13,18-19H,2,5,8,11,14-17H2,1H3,(H,21,22)/b6-4-,9-7-,12-3-,13-10-/t18-,19+/m0/s1. The van der Waals surface area contributed by atoms with Crippen LogP contribution in [0.3, 0.4) is 0 Å². The molecule has 1 fully saturated rings. The lowest BCUT2D eigenvalue weighted by molar-refractivity contribution is -0.137. The Kier molecular flexibility index (Phi) is 10.9. The third kappa shape index (κ3) is 11.6. The number of carboxylic acids is 1. The van der Waals surface area contributed by atoms with Crippen LogP contribution in [0.25, 0.3) is 0 Å². The summed E-state index contributed by atoms with van der Waals surface area (Å²) in [5.41, 5.74) is 0. The van der Waals surface area contributed by atoms with Crippen LogP contribution in [0.5, 0.6) is 0 Å². The van der Waals surface area contributed by atoms with E-state index in [1.807, 2.05) is 0 Å². The Morgan fingerprint density at radius 1 is 0.913 bits per heavy atom. The monoisotopic (exact) mass is 318 g/mol. The van der Waals surface area contributed by atoms with Crippen LogP contribution in [-0.4, -0.2) is 23.3 Å². The Morgan fingerprint density at radius 2 is 1.48 bits per heavy atom. The minimum Gasteiger partial charge on any atom is -0.481 e. The summed E-state index contributed by atoms with van der Waals surface area (Å²) in [6.07, 6.45) is 25.0. The molecule has 0 aromatic heterocycles. The number of rotatable bonds is 13. The molecule has 0 spiro atoms. The van der Waals surface area contributed by atoms with Gasteiger partial charge in [-0.25, -0.2) is 0 Å². The smallest absolute Gasteiger partial charge is 0.303 e. The van der Waals surface area contributed by atoms with E-state index >= 15 is 0 Å². The number of carbonyl (C=O) groups is 1. The summed E-state index contributed by atoms with van der Waals surface area (Å²) in [7, 11) is 0. The van der Waals surface area contributed by atoms with E-state index in [4.69, 9.17) is 9.84 Å². The van der Waals surface area contributed by atoms with E-state index in [1.54, 1.807) is 0 Å². The van der Waals surface area contributed by atoms with Crippen molar-refractivity contribution in [1.82, 2.24) is 0 Å². The Hall–Kier alpha value is -1.61. The van der Waals surface area contributed by atoms with Crippen molar-refractivity contribution in [1.29, 1.82) is 0 Å². The number of hydrogen-bond donors (Lipinski definition) is 1. The first-order valence-electron chi connectivity index (χ1n) is 8.71. The molecule has 0 radical (unpaired) electrons. The molecule has 1 aliphatic rings. The van der Waals surface area contributed by atoms with Crippen molar-refractivity contribution in [2.45, 2.75) is 70.5 Å². The lowest BCUT2D eigenvalue weighted by Gasteiger charge is -1.90. The zero-order valence-electron chi connectivity index (χ0n) is 14.2. The second kappa shape index (κ2) is 12.9. The van der Waals surface area contributed by atoms with Crippen molar-refractivity contribution in [3.63, 3.8) is 0 Å². The highest BCUT2D eigenvalue weighted by Gasteiger charge is 2.35. The Bertz CT molecular complexity index is 432. The van der Waals surface area contributed by atoms with Crippen LogP contribution >= 0.6 is 0 Å². The van der Waals surface area contributed by atoms with Crippen molar-refractivity contribution >= 4 is 5.97 Å². The summed E-state index contributed by atoms with van der Waals surface area (Å²) in [6.45, 7) is 2.15. The molecule has 0 amide bonds. The van der Waals surface area contributed by atoms with Crippen molar-refractivity contribution in [3.05, 3.63) is 48.6 Å². The summed E-state index contributed by atoms with van der Waals surface area (Å²) >= 11 is 0. The number of ether oxygens (including phenoxy) is 1. The molecular formula is C20H30O3. The lowest BCUT2D eigenvalue weighted by atomic mass is 10.1. The van der Waals surface area contributed by atoms with Crippen LogP contribution in [0.1, 0.15) is 58.3 Å². The predicted molar refractivity (Wildman–Crippen MR) is 95.5 cm³/mol. The van der Waals surface area contributed by atoms with Gasteiger partial charge in [0.05, 0.1) is 12.2 Å². The van der Waals surface area contributed by atoms with Gasteiger partial charge >= 0.3 is 5.97 Å². The number of unbranched alkanes of at least 4 members (excludes halogenated alkanes) is 1. The molecule has 23 heavy (non-hydrogen) atoms. The van der Waals surface area contributed by atoms with Crippen LogP contribution in [0, 0.1) is 0 Å². The summed E-state index contributed by atoms with van der Waals surface area (Å²) < 4.78 is 5.60. The Balaban J connectivity index is 1.93. The van der Waals surface area contributed by atoms with Crippen LogP contribution < -0.4 is 0 Å². The van der Waals surface area contributed by atoms with Gasteiger partial charge in [0.25, 0.3) is 0 Å². The molecule has 1 saturated heterocycles. The van der Waals surface area contributed by atoms with Gasteiger partial charge in [0.1, 0.15) is 0 Å². The first-order chi connectivity index (χ1) is 11.2. The zero-order valence-corrected chi connectivity index (χ0v) is 14.2. The highest BCUT2D eigenvalue weighted by Crippen LogP contribution is 2.28. The van der Waals surface area contributed by atoms with Gasteiger partial charge in [-0.3, -0.25) is 4.79 Å². The van der Waals surface area contributed by atoms with Gasteiger partial charge in [0.2, 0.25) is 0 Å². The van der Waals surface area contributed by atoms with E-state index in [0.29, 0.717) is 12.2 Å². The van der Waals surface area contributed by atoms with Gasteiger partial charge in [0, 0.05) is 6.42 Å². The molecule has 3 heteroatoms. The van der Waals surface area contributed by atoms with Crippen molar-refractivity contribution < 1.29 is 14.6 Å². The van der Waals surface area contributed by atoms with Crippen molar-refractivity contribution in [2.75, 3.05) is 0 Å². The van der Waals surface area contributed by atoms with Crippen molar-refractivity contribution in [2.24, 2.45) is 0 Å². The molecule has 2 atom stereocenters. The van der Waals surface area contributed by atoms with E-state index < -0.39 is 5.97 Å². The number of aliphatic carboxylic acids is 1. The second-order valence-electron chi connectivity index (χ2n) is 5.74. The summed E-state index contributed by atoms with van der Waals surface area (Å²) in [5.74, 6) is -0.717. The fourth-order valence-corrected chi connectivity index (χ4v) is 2.25. The minimum atomic E-state index is -0.717. The molecule has 0 aromatic carbocycles. The van der Waals surface area contributed by atoms with E-state index in [1.165, 1.54) is 0 Å². The largest absolute Gasteiger partial charge is 0.481 e. The van der Waals surface area contributed by atoms with Gasteiger partial charge < -0.3 is 9.84 Å². The number of hydrogen-bond acceptors (Lipinski definition) is 2. The van der Waals surface area contributed by atoms with E-state index in [9.17, 15) is 4.79 Å². The summed E-state index contributed by atoms with van der Waals surface area (Å²) in [4.78, 5) is 10.3. The topological polar surface area (TPSA) is 49.8 Å². The average molecular weight is 318 g/mol. The van der Waals surface area contributed by atoms with Gasteiger partial charge in [-0.2, -0.15) is 0 Å². The van der Waals surface area contributed by atoms with Crippen LogP contribution in [0.4, 0.5) is 0 Å². The number of carboxylic acid groups (broad SMARTS) is 1. The fraction of sp³-hybridized carbons (Fsp3) is 0.550. The second-order valence-corrected chi connectivity index (χ2v) is 5.74. The van der Waals surface area contributed by atoms with E-state index in [0.717, 1.165) is 44.9 Å². The average Bonchev–Trinajstić information content (AvgIpc) is 3.27. The quantitative estimate of drug-likeness (QED) is 0.288. The first kappa shape index (κ1) is 19.4. The lowest BCUT2D eigenvalue weighted by Crippen LogP contribution is -1.92. The molecule has 1 heterocycles. The fourth-order valence-electron chi connectivity index (χ4n) is 2.25. The molecule has 1 rings (SSSR count). The molecule has 0 unspecified atom stereocenters. The molecular weight excluding hydrogens is 288 g/mol. The third-order valence-electron chi connectivity index (χ3n) is 3.63. The molecule has 0 aliphatic carbocycles. The van der Waals surface area contributed by atoms with Gasteiger partial charge in [-0.1, -0.05) is 55.5 Å². The molecule has 0 bridgehead atoms. The molecule has 0 aromatic rings. The molecule has 3 nitrogen and oxygen atoms in total. The van der Waals surface area contributed by atoms with E-state index in [2.05, 4.69) is 55.5 Å². The maximum atomic E-state index is 10.3. The zero-order chi connectivity index (χ0) is 16.8. The predicted octanol–water partition coefficient (Wildman–Crippen LogP) is 5.20. The molecule has 1 aliphatic heterocycles. The molecule has 128 valence electrons. The Labute approximate surface area is 140 Å². The third-order valence-corrected chi connectivity index (χ3v) is 3.63. The number of allylic oxidation sites excluding steroid dienone is 6. The number of epoxide rings is 1. The van der Waals surface area contributed by atoms with Gasteiger partial charge in [-0.15, -0.1) is 0 Å². The highest BCUT2D eigenvalue weighted by atomic mass is 16.6. The SMILES string of the molecule is CC/C=C\C[C@@H]1O[C@@H]1C/C=C\C/C=C\C/C=C\CCCC(=O)O. The van der Waals surface area contributed by atoms with Crippen LogP contribution in [-0.2, 0) is 9.53 Å². The van der Waals surface area contributed by atoms with Gasteiger partial charge in [-0.05, 0) is 44.9 Å². The van der Waals surface area contributed by atoms with Crippen molar-refractivity contribution in [3.8, 4) is 0 Å². The first-order valence-corrected chi connectivity index (χ1v) is 8.71. The summed E-state index contributed by atoms with van der Waals surface area (Å²) in [6, 6.07) is 0.